The summed E-state index contributed by atoms with van der Waals surface area (Å²) >= 11 is 1.42. The summed E-state index contributed by atoms with van der Waals surface area (Å²) in [6, 6.07) is 3.32. The molecule has 2 aromatic rings. The zero-order valence-corrected chi connectivity index (χ0v) is 12.8. The highest BCUT2D eigenvalue weighted by atomic mass is 32.1. The van der Waals surface area contributed by atoms with Crippen LogP contribution in [0.4, 0.5) is 0 Å². The van der Waals surface area contributed by atoms with Crippen molar-refractivity contribution in [1.29, 1.82) is 0 Å². The van der Waals surface area contributed by atoms with Gasteiger partial charge in [0, 0.05) is 25.0 Å². The lowest BCUT2D eigenvalue weighted by Gasteiger charge is -2.32. The number of carbonyl (C=O) groups is 2. The number of nitrogens with one attached hydrogen (secondary N) is 1. The average Bonchev–Trinajstić information content (AvgIpc) is 3.25. The van der Waals surface area contributed by atoms with Crippen molar-refractivity contribution in [3.8, 4) is 0 Å². The molecule has 1 aliphatic heterocycles. The summed E-state index contributed by atoms with van der Waals surface area (Å²) in [5.41, 5.74) is 2.17. The Hall–Kier alpha value is -2.15. The van der Waals surface area contributed by atoms with Crippen LogP contribution in [0.1, 0.15) is 33.9 Å². The van der Waals surface area contributed by atoms with Gasteiger partial charge >= 0.3 is 0 Å². The van der Waals surface area contributed by atoms with E-state index in [1.165, 1.54) is 17.6 Å². The second-order valence-corrected chi connectivity index (χ2v) is 6.04. The zero-order valence-electron chi connectivity index (χ0n) is 12.0. The number of amides is 2. The number of hydrogen-bond donors (Lipinski definition) is 1. The van der Waals surface area contributed by atoms with Crippen LogP contribution in [-0.2, 0) is 0 Å². The molecule has 7 heteroatoms. The number of hydrogen-bond acceptors (Lipinski definition) is 5. The molecule has 3 heterocycles. The Morgan fingerprint density at radius 3 is 3.14 bits per heavy atom. The molecule has 1 fully saturated rings. The number of likely N-dealkylation sites (tertiary alicyclic amines) is 1. The molecular weight excluding hydrogens is 302 g/mol. The van der Waals surface area contributed by atoms with E-state index in [1.807, 2.05) is 4.90 Å². The first-order chi connectivity index (χ1) is 10.7. The third-order valence-electron chi connectivity index (χ3n) is 3.75. The van der Waals surface area contributed by atoms with E-state index in [2.05, 4.69) is 10.3 Å². The smallest absolute Gasteiger partial charge is 0.286 e. The fourth-order valence-electron chi connectivity index (χ4n) is 2.63. The maximum absolute atomic E-state index is 12.3. The standard InChI is InChI=1S/C15H17N3O3S/c19-14(13-4-2-6-21-13)16-7-11-3-1-5-18(8-11)15(20)12-9-22-10-17-12/h2,4,6,9-11H,1,3,5,7-8H2,(H,16,19)/t11-/m0/s1. The topological polar surface area (TPSA) is 75.4 Å². The summed E-state index contributed by atoms with van der Waals surface area (Å²) in [5, 5.41) is 4.63. The molecule has 1 N–H and O–H groups in total. The largest absolute Gasteiger partial charge is 0.459 e. The molecular formula is C15H17N3O3S. The summed E-state index contributed by atoms with van der Waals surface area (Å²) in [7, 11) is 0. The van der Waals surface area contributed by atoms with E-state index in [-0.39, 0.29) is 17.7 Å². The van der Waals surface area contributed by atoms with Crippen LogP contribution >= 0.6 is 11.3 Å². The molecule has 0 aromatic carbocycles. The highest BCUT2D eigenvalue weighted by molar-refractivity contribution is 7.07. The Kier molecular flexibility index (Phi) is 4.53. The molecule has 0 unspecified atom stereocenters. The third kappa shape index (κ3) is 3.36. The van der Waals surface area contributed by atoms with Gasteiger partial charge in [0.1, 0.15) is 5.69 Å². The van der Waals surface area contributed by atoms with Crippen molar-refractivity contribution in [3.63, 3.8) is 0 Å². The number of rotatable bonds is 4. The Bertz CT molecular complexity index is 625. The van der Waals surface area contributed by atoms with Gasteiger partial charge in [-0.3, -0.25) is 9.59 Å². The Balaban J connectivity index is 1.52. The number of thiazole rings is 1. The van der Waals surface area contributed by atoms with Crippen LogP contribution in [0, 0.1) is 5.92 Å². The number of nitrogens with zero attached hydrogens (tertiary/aromatic N) is 2. The molecule has 0 spiro atoms. The van der Waals surface area contributed by atoms with E-state index in [4.69, 9.17) is 4.42 Å². The van der Waals surface area contributed by atoms with Crippen molar-refractivity contribution in [2.75, 3.05) is 19.6 Å². The minimum Gasteiger partial charge on any atom is -0.459 e. The van der Waals surface area contributed by atoms with Gasteiger partial charge in [-0.15, -0.1) is 11.3 Å². The maximum Gasteiger partial charge on any atom is 0.286 e. The van der Waals surface area contributed by atoms with Crippen LogP contribution in [-0.4, -0.2) is 41.3 Å². The van der Waals surface area contributed by atoms with Crippen LogP contribution in [0.15, 0.2) is 33.7 Å². The van der Waals surface area contributed by atoms with E-state index in [9.17, 15) is 9.59 Å². The first kappa shape index (κ1) is 14.8. The number of aromatic nitrogens is 1. The van der Waals surface area contributed by atoms with Gasteiger partial charge in [0.25, 0.3) is 11.8 Å². The van der Waals surface area contributed by atoms with Gasteiger partial charge in [-0.25, -0.2) is 4.98 Å². The molecule has 6 nitrogen and oxygen atoms in total. The predicted octanol–water partition coefficient (Wildman–Crippen LogP) is 2.02. The first-order valence-electron chi connectivity index (χ1n) is 7.23. The normalized spacial score (nSPS) is 18.2. The lowest BCUT2D eigenvalue weighted by molar-refractivity contribution is 0.0665. The van der Waals surface area contributed by atoms with Gasteiger partial charge in [-0.1, -0.05) is 0 Å². The molecule has 0 aliphatic carbocycles. The molecule has 0 saturated carbocycles. The lowest BCUT2D eigenvalue weighted by atomic mass is 9.97. The van der Waals surface area contributed by atoms with Crippen molar-refractivity contribution in [2.45, 2.75) is 12.8 Å². The van der Waals surface area contributed by atoms with Crippen molar-refractivity contribution in [3.05, 3.63) is 40.7 Å². The lowest BCUT2D eigenvalue weighted by Crippen LogP contribution is -2.43. The van der Waals surface area contributed by atoms with Crippen LogP contribution < -0.4 is 5.32 Å². The number of carbonyl (C=O) groups excluding carboxylic acids is 2. The fraction of sp³-hybridized carbons (Fsp3) is 0.400. The molecule has 116 valence electrons. The van der Waals surface area contributed by atoms with Crippen LogP contribution in [0.25, 0.3) is 0 Å². The van der Waals surface area contributed by atoms with Crippen LogP contribution in [0.3, 0.4) is 0 Å². The molecule has 22 heavy (non-hydrogen) atoms. The Morgan fingerprint density at radius 1 is 1.50 bits per heavy atom. The quantitative estimate of drug-likeness (QED) is 0.935. The fourth-order valence-corrected chi connectivity index (χ4v) is 3.15. The van der Waals surface area contributed by atoms with Gasteiger partial charge in [0.2, 0.25) is 0 Å². The van der Waals surface area contributed by atoms with Gasteiger partial charge in [0.05, 0.1) is 11.8 Å². The van der Waals surface area contributed by atoms with Gasteiger partial charge in [0.15, 0.2) is 5.76 Å². The summed E-state index contributed by atoms with van der Waals surface area (Å²) < 4.78 is 5.06. The molecule has 2 aromatic heterocycles. The minimum atomic E-state index is -0.215. The predicted molar refractivity (Wildman–Crippen MR) is 81.8 cm³/mol. The minimum absolute atomic E-state index is 0.0247. The highest BCUT2D eigenvalue weighted by Gasteiger charge is 2.25. The highest BCUT2D eigenvalue weighted by Crippen LogP contribution is 2.18. The van der Waals surface area contributed by atoms with E-state index < -0.39 is 0 Å². The summed E-state index contributed by atoms with van der Waals surface area (Å²) in [6.07, 6.45) is 3.42. The van der Waals surface area contributed by atoms with E-state index in [1.54, 1.807) is 23.0 Å². The second kappa shape index (κ2) is 6.74. The van der Waals surface area contributed by atoms with Crippen LogP contribution in [0.2, 0.25) is 0 Å². The van der Waals surface area contributed by atoms with E-state index >= 15 is 0 Å². The molecule has 0 bridgehead atoms. The number of piperidine rings is 1. The SMILES string of the molecule is O=C(NC[C@@H]1CCCN(C(=O)c2cscn2)C1)c1ccco1. The molecule has 2 amide bonds. The average molecular weight is 319 g/mol. The second-order valence-electron chi connectivity index (χ2n) is 5.32. The third-order valence-corrected chi connectivity index (χ3v) is 4.34. The number of furan rings is 1. The molecule has 0 radical (unpaired) electrons. The van der Waals surface area contributed by atoms with Gasteiger partial charge in [-0.05, 0) is 30.9 Å². The first-order valence-corrected chi connectivity index (χ1v) is 8.17. The van der Waals surface area contributed by atoms with E-state index in [0.29, 0.717) is 24.5 Å². The summed E-state index contributed by atoms with van der Waals surface area (Å²) in [5.74, 6) is 0.331. The van der Waals surface area contributed by atoms with Crippen molar-refractivity contribution in [2.24, 2.45) is 5.92 Å². The van der Waals surface area contributed by atoms with Crippen molar-refractivity contribution < 1.29 is 14.0 Å². The monoisotopic (exact) mass is 319 g/mol. The van der Waals surface area contributed by atoms with Gasteiger partial charge in [-0.2, -0.15) is 0 Å². The Morgan fingerprint density at radius 2 is 2.41 bits per heavy atom. The van der Waals surface area contributed by atoms with E-state index in [0.717, 1.165) is 19.4 Å². The van der Waals surface area contributed by atoms with Crippen molar-refractivity contribution in [1.82, 2.24) is 15.2 Å². The molecule has 1 aliphatic rings. The van der Waals surface area contributed by atoms with Gasteiger partial charge < -0.3 is 14.6 Å². The molecule has 1 saturated heterocycles. The maximum atomic E-state index is 12.3. The molecule has 1 atom stereocenters. The van der Waals surface area contributed by atoms with Crippen molar-refractivity contribution >= 4 is 23.2 Å². The molecule has 3 rings (SSSR count). The Labute approximate surface area is 132 Å². The summed E-state index contributed by atoms with van der Waals surface area (Å²) in [4.78, 5) is 30.0. The summed E-state index contributed by atoms with van der Waals surface area (Å²) in [6.45, 7) is 1.94. The zero-order chi connectivity index (χ0) is 15.4. The van der Waals surface area contributed by atoms with Crippen LogP contribution in [0.5, 0.6) is 0 Å².